The van der Waals surface area contributed by atoms with Crippen LogP contribution in [-0.4, -0.2) is 29.8 Å². The average molecular weight is 348 g/mol. The van der Waals surface area contributed by atoms with Gasteiger partial charge in [0.25, 0.3) is 5.91 Å². The molecule has 2 amide bonds. The first-order valence-corrected chi connectivity index (χ1v) is 8.81. The smallest absolute Gasteiger partial charge is 0.255 e. The lowest BCUT2D eigenvalue weighted by Gasteiger charge is -2.30. The molecule has 0 aliphatic carbocycles. The first-order chi connectivity index (χ1) is 12.7. The predicted octanol–water partition coefficient (Wildman–Crippen LogP) is 3.42. The number of carbonyl (C=O) groups excluding carboxylic acids is 2. The van der Waals surface area contributed by atoms with Crippen LogP contribution in [0.5, 0.6) is 0 Å². The zero-order valence-electron chi connectivity index (χ0n) is 15.0. The molecule has 0 aromatic heterocycles. The summed E-state index contributed by atoms with van der Waals surface area (Å²) < 4.78 is 0. The van der Waals surface area contributed by atoms with Gasteiger partial charge >= 0.3 is 0 Å². The zero-order chi connectivity index (χ0) is 18.8. The Labute approximate surface area is 155 Å². The number of carbonyl (C=O) groups is 2. The molecule has 0 saturated heterocycles. The van der Waals surface area contributed by atoms with Gasteiger partial charge in [-0.2, -0.15) is 0 Å². The van der Waals surface area contributed by atoms with Gasteiger partial charge in [0.15, 0.2) is 0 Å². The lowest BCUT2D eigenvalue weighted by atomic mass is 10.0. The molecule has 1 N–H and O–H groups in total. The molecule has 4 heteroatoms. The van der Waals surface area contributed by atoms with Gasteiger partial charge in [-0.05, 0) is 24.1 Å². The Hall–Kier alpha value is -3.06. The van der Waals surface area contributed by atoms with Crippen molar-refractivity contribution in [2.75, 3.05) is 13.1 Å². The molecule has 26 heavy (non-hydrogen) atoms. The van der Waals surface area contributed by atoms with E-state index in [0.29, 0.717) is 12.1 Å². The maximum atomic E-state index is 13.0. The van der Waals surface area contributed by atoms with Crippen LogP contribution in [0, 0.1) is 12.3 Å². The number of nitrogens with one attached hydrogen (secondary N) is 1. The first-order valence-electron chi connectivity index (χ1n) is 8.81. The van der Waals surface area contributed by atoms with Crippen molar-refractivity contribution < 1.29 is 9.59 Å². The van der Waals surface area contributed by atoms with E-state index < -0.39 is 6.04 Å². The molecule has 2 aromatic rings. The number of rotatable bonds is 8. The number of hydrogen-bond acceptors (Lipinski definition) is 2. The number of benzene rings is 2. The van der Waals surface area contributed by atoms with Crippen LogP contribution < -0.4 is 5.32 Å². The maximum absolute atomic E-state index is 13.0. The molecule has 0 fully saturated rings. The van der Waals surface area contributed by atoms with Crippen molar-refractivity contribution in [2.24, 2.45) is 0 Å². The van der Waals surface area contributed by atoms with E-state index in [1.807, 2.05) is 36.4 Å². The molecule has 2 aromatic carbocycles. The molecule has 0 radical (unpaired) electrons. The van der Waals surface area contributed by atoms with E-state index >= 15 is 0 Å². The van der Waals surface area contributed by atoms with Crippen LogP contribution >= 0.6 is 0 Å². The van der Waals surface area contributed by atoms with E-state index in [0.717, 1.165) is 18.4 Å². The largest absolute Gasteiger partial charge is 0.354 e. The highest BCUT2D eigenvalue weighted by Gasteiger charge is 2.31. The minimum atomic E-state index is -0.767. The van der Waals surface area contributed by atoms with E-state index in [9.17, 15) is 9.59 Å². The molecule has 0 spiro atoms. The minimum Gasteiger partial charge on any atom is -0.354 e. The Morgan fingerprint density at radius 2 is 1.69 bits per heavy atom. The van der Waals surface area contributed by atoms with E-state index in [1.54, 1.807) is 24.3 Å². The lowest BCUT2D eigenvalue weighted by molar-refractivity contribution is -0.125. The fourth-order valence-electron chi connectivity index (χ4n) is 2.72. The second-order valence-electron chi connectivity index (χ2n) is 5.96. The van der Waals surface area contributed by atoms with E-state index in [2.05, 4.69) is 18.2 Å². The number of nitrogens with zero attached hydrogens (tertiary/aromatic N) is 1. The Bertz CT molecular complexity index is 751. The molecule has 4 nitrogen and oxygen atoms in total. The highest BCUT2D eigenvalue weighted by Crippen LogP contribution is 2.23. The third kappa shape index (κ3) is 4.97. The van der Waals surface area contributed by atoms with Gasteiger partial charge in [0, 0.05) is 12.1 Å². The number of unbranched alkanes of at least 4 members (excludes halogenated alkanes) is 1. The normalized spacial score (nSPS) is 11.2. The Kier molecular flexibility index (Phi) is 7.45. The number of hydrogen-bond donors (Lipinski definition) is 1. The molecule has 134 valence electrons. The molecule has 0 aliphatic heterocycles. The highest BCUT2D eigenvalue weighted by molar-refractivity contribution is 5.98. The van der Waals surface area contributed by atoms with Crippen LogP contribution in [-0.2, 0) is 4.79 Å². The van der Waals surface area contributed by atoms with Crippen LogP contribution in [0.1, 0.15) is 41.7 Å². The zero-order valence-corrected chi connectivity index (χ0v) is 15.0. The van der Waals surface area contributed by atoms with Crippen molar-refractivity contribution in [3.05, 3.63) is 71.8 Å². The number of terminal acetylenes is 1. The van der Waals surface area contributed by atoms with Crippen LogP contribution in [0.25, 0.3) is 0 Å². The Morgan fingerprint density at radius 3 is 2.27 bits per heavy atom. The summed E-state index contributed by atoms with van der Waals surface area (Å²) in [5, 5.41) is 2.93. The van der Waals surface area contributed by atoms with Crippen molar-refractivity contribution >= 4 is 11.8 Å². The SMILES string of the molecule is C#CCN(C(=O)c1ccccc1)C(C(=O)NCCCC)c1ccccc1. The topological polar surface area (TPSA) is 49.4 Å². The number of amides is 2. The van der Waals surface area contributed by atoms with Gasteiger partial charge in [-0.25, -0.2) is 0 Å². The van der Waals surface area contributed by atoms with Gasteiger partial charge in [-0.15, -0.1) is 6.42 Å². The molecule has 1 atom stereocenters. The van der Waals surface area contributed by atoms with E-state index in [-0.39, 0.29) is 18.4 Å². The summed E-state index contributed by atoms with van der Waals surface area (Å²) in [6.45, 7) is 2.68. The van der Waals surface area contributed by atoms with Crippen molar-refractivity contribution in [3.63, 3.8) is 0 Å². The third-order valence-electron chi connectivity index (χ3n) is 4.05. The molecular formula is C22H24N2O2. The second kappa shape index (κ2) is 10.0. The predicted molar refractivity (Wildman–Crippen MR) is 103 cm³/mol. The average Bonchev–Trinajstić information content (AvgIpc) is 2.69. The maximum Gasteiger partial charge on any atom is 0.255 e. The molecule has 0 aliphatic rings. The summed E-state index contributed by atoms with van der Waals surface area (Å²) in [6.07, 6.45) is 7.37. The Balaban J connectivity index is 2.37. The van der Waals surface area contributed by atoms with Gasteiger partial charge < -0.3 is 10.2 Å². The van der Waals surface area contributed by atoms with E-state index in [1.165, 1.54) is 4.90 Å². The minimum absolute atomic E-state index is 0.0501. The van der Waals surface area contributed by atoms with Gasteiger partial charge in [0.2, 0.25) is 5.91 Å². The standard InChI is InChI=1S/C22H24N2O2/c1-3-5-16-23-21(25)20(18-12-8-6-9-13-18)24(17-4-2)22(26)19-14-10-7-11-15-19/h2,6-15,20H,3,5,16-17H2,1H3,(H,23,25). The molecule has 0 bridgehead atoms. The highest BCUT2D eigenvalue weighted by atomic mass is 16.2. The lowest BCUT2D eigenvalue weighted by Crippen LogP contribution is -2.44. The van der Waals surface area contributed by atoms with Crippen LogP contribution in [0.3, 0.4) is 0 Å². The third-order valence-corrected chi connectivity index (χ3v) is 4.05. The Morgan fingerprint density at radius 1 is 1.08 bits per heavy atom. The first kappa shape index (κ1) is 19.3. The molecular weight excluding hydrogens is 324 g/mol. The summed E-state index contributed by atoms with van der Waals surface area (Å²) in [5.41, 5.74) is 1.24. The van der Waals surface area contributed by atoms with Gasteiger partial charge in [-0.1, -0.05) is 67.8 Å². The van der Waals surface area contributed by atoms with Crippen LogP contribution in [0.2, 0.25) is 0 Å². The van der Waals surface area contributed by atoms with Crippen molar-refractivity contribution in [3.8, 4) is 12.3 Å². The summed E-state index contributed by atoms with van der Waals surface area (Å²) >= 11 is 0. The molecule has 0 saturated carbocycles. The molecule has 1 unspecified atom stereocenters. The summed E-state index contributed by atoms with van der Waals surface area (Å²) in [5.74, 6) is 2.04. The van der Waals surface area contributed by atoms with Crippen molar-refractivity contribution in [2.45, 2.75) is 25.8 Å². The monoisotopic (exact) mass is 348 g/mol. The second-order valence-corrected chi connectivity index (χ2v) is 5.96. The van der Waals surface area contributed by atoms with Crippen LogP contribution in [0.4, 0.5) is 0 Å². The fraction of sp³-hybridized carbons (Fsp3) is 0.273. The van der Waals surface area contributed by atoms with Crippen LogP contribution in [0.15, 0.2) is 60.7 Å². The quantitative estimate of drug-likeness (QED) is 0.587. The molecule has 2 rings (SSSR count). The van der Waals surface area contributed by atoms with E-state index in [4.69, 9.17) is 6.42 Å². The summed E-state index contributed by atoms with van der Waals surface area (Å²) in [6, 6.07) is 17.4. The van der Waals surface area contributed by atoms with Crippen molar-refractivity contribution in [1.29, 1.82) is 0 Å². The fourth-order valence-corrected chi connectivity index (χ4v) is 2.72. The van der Waals surface area contributed by atoms with Gasteiger partial charge in [0.1, 0.15) is 6.04 Å². The summed E-state index contributed by atoms with van der Waals surface area (Å²) in [4.78, 5) is 27.4. The summed E-state index contributed by atoms with van der Waals surface area (Å²) in [7, 11) is 0. The van der Waals surface area contributed by atoms with Gasteiger partial charge in [-0.3, -0.25) is 9.59 Å². The van der Waals surface area contributed by atoms with Crippen molar-refractivity contribution in [1.82, 2.24) is 10.2 Å². The molecule has 0 heterocycles. The van der Waals surface area contributed by atoms with Gasteiger partial charge in [0.05, 0.1) is 6.54 Å².